The SMILES string of the molecule is CC(C)C1CCC(C)C(CCO)C1O. The lowest BCUT2D eigenvalue weighted by Crippen LogP contribution is -2.40. The summed E-state index contributed by atoms with van der Waals surface area (Å²) < 4.78 is 0. The zero-order valence-corrected chi connectivity index (χ0v) is 9.61. The largest absolute Gasteiger partial charge is 0.396 e. The molecule has 1 aliphatic rings. The molecular weight excluding hydrogens is 176 g/mol. The Hall–Kier alpha value is -0.0800. The van der Waals surface area contributed by atoms with Crippen LogP contribution in [0.1, 0.15) is 40.0 Å². The van der Waals surface area contributed by atoms with Crippen molar-refractivity contribution in [3.63, 3.8) is 0 Å². The van der Waals surface area contributed by atoms with Crippen LogP contribution in [-0.2, 0) is 0 Å². The quantitative estimate of drug-likeness (QED) is 0.732. The maximum atomic E-state index is 10.2. The lowest BCUT2D eigenvalue weighted by molar-refractivity contribution is -0.0359. The van der Waals surface area contributed by atoms with Gasteiger partial charge in [-0.25, -0.2) is 0 Å². The van der Waals surface area contributed by atoms with E-state index in [2.05, 4.69) is 20.8 Å². The standard InChI is InChI=1S/C12H24O2/c1-8(2)10-5-4-9(3)11(6-7-13)12(10)14/h8-14H,4-7H2,1-3H3. The predicted octanol–water partition coefficient (Wildman–Crippen LogP) is 2.05. The van der Waals surface area contributed by atoms with Gasteiger partial charge in [-0.1, -0.05) is 20.8 Å². The number of rotatable bonds is 3. The molecule has 0 spiro atoms. The molecule has 0 radical (unpaired) electrons. The molecule has 2 N–H and O–H groups in total. The minimum Gasteiger partial charge on any atom is -0.396 e. The van der Waals surface area contributed by atoms with Gasteiger partial charge in [-0.2, -0.15) is 0 Å². The fraction of sp³-hybridized carbons (Fsp3) is 1.00. The van der Waals surface area contributed by atoms with Crippen molar-refractivity contribution in [1.82, 2.24) is 0 Å². The summed E-state index contributed by atoms with van der Waals surface area (Å²) in [6, 6.07) is 0. The normalized spacial score (nSPS) is 39.0. The smallest absolute Gasteiger partial charge is 0.0602 e. The van der Waals surface area contributed by atoms with Crippen molar-refractivity contribution in [2.75, 3.05) is 6.61 Å². The van der Waals surface area contributed by atoms with E-state index in [0.29, 0.717) is 23.7 Å². The molecule has 0 amide bonds. The third kappa shape index (κ3) is 2.48. The molecule has 14 heavy (non-hydrogen) atoms. The first-order chi connectivity index (χ1) is 6.57. The Kier molecular flexibility index (Phi) is 4.39. The van der Waals surface area contributed by atoms with Crippen LogP contribution < -0.4 is 0 Å². The van der Waals surface area contributed by atoms with Crippen LogP contribution in [0.25, 0.3) is 0 Å². The van der Waals surface area contributed by atoms with Crippen molar-refractivity contribution >= 4 is 0 Å². The van der Waals surface area contributed by atoms with E-state index in [1.165, 1.54) is 6.42 Å². The lowest BCUT2D eigenvalue weighted by atomic mass is 9.68. The highest BCUT2D eigenvalue weighted by Gasteiger charge is 2.36. The molecule has 84 valence electrons. The molecule has 1 aliphatic carbocycles. The molecule has 1 fully saturated rings. The topological polar surface area (TPSA) is 40.5 Å². The Bertz CT molecular complexity index is 168. The van der Waals surface area contributed by atoms with Crippen LogP contribution in [0.3, 0.4) is 0 Å². The maximum absolute atomic E-state index is 10.2. The Morgan fingerprint density at radius 2 is 1.93 bits per heavy atom. The van der Waals surface area contributed by atoms with Crippen molar-refractivity contribution in [1.29, 1.82) is 0 Å². The van der Waals surface area contributed by atoms with Crippen molar-refractivity contribution < 1.29 is 10.2 Å². The summed E-state index contributed by atoms with van der Waals surface area (Å²) in [5.41, 5.74) is 0. The van der Waals surface area contributed by atoms with Crippen LogP contribution in [0, 0.1) is 23.7 Å². The van der Waals surface area contributed by atoms with E-state index in [-0.39, 0.29) is 12.7 Å². The molecule has 0 aromatic heterocycles. The molecule has 0 bridgehead atoms. The highest BCUT2D eigenvalue weighted by Crippen LogP contribution is 2.38. The first-order valence-corrected chi connectivity index (χ1v) is 5.86. The third-order valence-corrected chi connectivity index (χ3v) is 3.88. The molecule has 4 unspecified atom stereocenters. The first kappa shape index (κ1) is 12.0. The second-order valence-electron chi connectivity index (χ2n) is 5.13. The molecule has 0 heterocycles. The van der Waals surface area contributed by atoms with Gasteiger partial charge in [-0.05, 0) is 42.9 Å². The fourth-order valence-electron chi connectivity index (χ4n) is 2.83. The van der Waals surface area contributed by atoms with Crippen molar-refractivity contribution in [3.8, 4) is 0 Å². The van der Waals surface area contributed by atoms with Gasteiger partial charge < -0.3 is 10.2 Å². The molecule has 1 rings (SSSR count). The van der Waals surface area contributed by atoms with Crippen LogP contribution >= 0.6 is 0 Å². The van der Waals surface area contributed by atoms with Crippen LogP contribution in [-0.4, -0.2) is 22.9 Å². The van der Waals surface area contributed by atoms with Crippen LogP contribution in [0.4, 0.5) is 0 Å². The van der Waals surface area contributed by atoms with Gasteiger partial charge in [0.1, 0.15) is 0 Å². The highest BCUT2D eigenvalue weighted by atomic mass is 16.3. The van der Waals surface area contributed by atoms with E-state index in [0.717, 1.165) is 12.8 Å². The van der Waals surface area contributed by atoms with Crippen LogP contribution in [0.2, 0.25) is 0 Å². The summed E-state index contributed by atoms with van der Waals surface area (Å²) in [4.78, 5) is 0. The molecule has 1 saturated carbocycles. The van der Waals surface area contributed by atoms with Crippen molar-refractivity contribution in [3.05, 3.63) is 0 Å². The number of hydrogen-bond donors (Lipinski definition) is 2. The Labute approximate surface area is 87.3 Å². The van der Waals surface area contributed by atoms with Gasteiger partial charge in [0.15, 0.2) is 0 Å². The van der Waals surface area contributed by atoms with Gasteiger partial charge in [0.2, 0.25) is 0 Å². The summed E-state index contributed by atoms with van der Waals surface area (Å²) in [6.07, 6.45) is 2.89. The monoisotopic (exact) mass is 200 g/mol. The van der Waals surface area contributed by atoms with Gasteiger partial charge in [0, 0.05) is 6.61 Å². The summed E-state index contributed by atoms with van der Waals surface area (Å²) in [5.74, 6) is 1.86. The van der Waals surface area contributed by atoms with Crippen molar-refractivity contribution in [2.45, 2.75) is 46.1 Å². The summed E-state index contributed by atoms with van der Waals surface area (Å²) in [6.45, 7) is 6.76. The molecule has 0 aromatic carbocycles. The minimum absolute atomic E-state index is 0.203. The zero-order valence-electron chi connectivity index (χ0n) is 9.61. The van der Waals surface area contributed by atoms with Gasteiger partial charge >= 0.3 is 0 Å². The number of aliphatic hydroxyl groups is 2. The second-order valence-corrected chi connectivity index (χ2v) is 5.13. The number of aliphatic hydroxyl groups excluding tert-OH is 2. The van der Waals surface area contributed by atoms with E-state index in [1.807, 2.05) is 0 Å². The predicted molar refractivity (Wildman–Crippen MR) is 57.9 cm³/mol. The van der Waals surface area contributed by atoms with Crippen LogP contribution in [0.5, 0.6) is 0 Å². The molecule has 0 aromatic rings. The second kappa shape index (κ2) is 5.13. The lowest BCUT2D eigenvalue weighted by Gasteiger charge is -2.40. The number of hydrogen-bond acceptors (Lipinski definition) is 2. The maximum Gasteiger partial charge on any atom is 0.0602 e. The Balaban J connectivity index is 2.62. The van der Waals surface area contributed by atoms with E-state index in [1.54, 1.807) is 0 Å². The van der Waals surface area contributed by atoms with Crippen molar-refractivity contribution in [2.24, 2.45) is 23.7 Å². The van der Waals surface area contributed by atoms with Gasteiger partial charge in [-0.15, -0.1) is 0 Å². The summed E-state index contributed by atoms with van der Waals surface area (Å²) in [7, 11) is 0. The summed E-state index contributed by atoms with van der Waals surface area (Å²) >= 11 is 0. The van der Waals surface area contributed by atoms with Crippen LogP contribution in [0.15, 0.2) is 0 Å². The minimum atomic E-state index is -0.203. The van der Waals surface area contributed by atoms with E-state index in [4.69, 9.17) is 5.11 Å². The molecule has 2 heteroatoms. The molecule has 0 saturated heterocycles. The molecule has 0 aliphatic heterocycles. The van der Waals surface area contributed by atoms with Gasteiger partial charge in [0.25, 0.3) is 0 Å². The van der Waals surface area contributed by atoms with E-state index >= 15 is 0 Å². The average Bonchev–Trinajstić information content (AvgIpc) is 2.11. The van der Waals surface area contributed by atoms with Gasteiger partial charge in [-0.3, -0.25) is 0 Å². The Morgan fingerprint density at radius 3 is 2.43 bits per heavy atom. The molecule has 2 nitrogen and oxygen atoms in total. The van der Waals surface area contributed by atoms with Gasteiger partial charge in [0.05, 0.1) is 6.10 Å². The zero-order chi connectivity index (χ0) is 10.7. The molecule has 4 atom stereocenters. The van der Waals surface area contributed by atoms with E-state index in [9.17, 15) is 5.11 Å². The fourth-order valence-corrected chi connectivity index (χ4v) is 2.83. The average molecular weight is 200 g/mol. The van der Waals surface area contributed by atoms with E-state index < -0.39 is 0 Å². The summed E-state index contributed by atoms with van der Waals surface area (Å²) in [5, 5.41) is 19.2. The first-order valence-electron chi connectivity index (χ1n) is 5.86. The Morgan fingerprint density at radius 1 is 1.29 bits per heavy atom. The third-order valence-electron chi connectivity index (χ3n) is 3.88. The molecular formula is C12H24O2. The highest BCUT2D eigenvalue weighted by molar-refractivity contribution is 4.86.